The smallest absolute Gasteiger partial charge is 0.328 e. The number of carbonyl (C=O) groups excluding carboxylic acids is 15. The number of hydrogen-bond donors (Lipinski definition) is 18. The average Bonchev–Trinajstić information content (AvgIpc) is 0.809. The van der Waals surface area contributed by atoms with Crippen LogP contribution in [0.1, 0.15) is 119 Å². The summed E-state index contributed by atoms with van der Waals surface area (Å²) in [5, 5.41) is 73.8. The number of benzene rings is 1. The highest BCUT2D eigenvalue weighted by Gasteiger charge is 2.46. The van der Waals surface area contributed by atoms with Crippen LogP contribution >= 0.6 is 0 Å². The normalized spacial score (nSPS) is 23.1. The Hall–Kier alpha value is -9.51. The standard InChI is InChI=1S/C65H105N15O24/c1-15-16-30(4)17-20-38(83)26-43(85)73-48(50(87)54(68)89)60(95)75-46(34(8)81)58(93)78-52(65(10,69)100)61(96)74-45(31(5)32(6)53(67)88)57(92)76-47-35(9)104-64(99)33(7)79(11)63(98)49(51(101-13)36-18-21-37(82)22-19-36)77-56(91)41(23-24-42(66)84)80(12)62(97)39(25-29(2)3)71-44(86)27-70-55(90)40(28-103-102-14)72-59(47)94/h17-22,29-35,38-41,45-52,81-83,87,100H,15-16,23-28,69H2,1-14H3,(H2,66,84)(H2,67,88)(H2,68,89)(H,70,90)(H,71,86)(H,72,94)(H,73,85)(H,74,96)(H,75,95)(H,76,92)(H,77,91)(H,78,93)/b20-17-/t30?,31?,32?,33-,34+,35+,38?,39-,40?,41-,45-,46-,47?,48-,49-,50?,51?,52+,65+/m0/s1. The van der Waals surface area contributed by atoms with Gasteiger partial charge < -0.3 is 116 Å². The van der Waals surface area contributed by atoms with Crippen LogP contribution in [-0.2, 0) is 91.2 Å². The van der Waals surface area contributed by atoms with Crippen molar-refractivity contribution in [2.24, 2.45) is 46.6 Å². The van der Waals surface area contributed by atoms with Crippen LogP contribution in [0.25, 0.3) is 0 Å². The number of carbonyl (C=O) groups is 15. The molecule has 0 bridgehead atoms. The molecule has 2 rings (SSSR count). The number of primary amides is 3. The van der Waals surface area contributed by atoms with E-state index >= 15 is 9.59 Å². The maximum atomic E-state index is 15.1. The highest BCUT2D eigenvalue weighted by Crippen LogP contribution is 2.27. The fraction of sp³-hybridized carbons (Fsp3) is 0.646. The van der Waals surface area contributed by atoms with Crippen molar-refractivity contribution in [1.82, 2.24) is 57.7 Å². The van der Waals surface area contributed by atoms with Gasteiger partial charge >= 0.3 is 5.97 Å². The molecule has 104 heavy (non-hydrogen) atoms. The topological polar surface area (TPSA) is 613 Å². The third kappa shape index (κ3) is 27.9. The number of phenolic OH excluding ortho intramolecular Hbond substituents is 1. The van der Waals surface area contributed by atoms with Crippen molar-refractivity contribution >= 4 is 88.7 Å². The number of aromatic hydroxyl groups is 1. The third-order valence-corrected chi connectivity index (χ3v) is 17.0. The summed E-state index contributed by atoms with van der Waals surface area (Å²) in [5.74, 6) is -22.4. The minimum Gasteiger partial charge on any atom is -0.508 e. The molecule has 39 nitrogen and oxygen atoms in total. The molecule has 22 N–H and O–H groups in total. The zero-order valence-corrected chi connectivity index (χ0v) is 60.8. The van der Waals surface area contributed by atoms with Crippen molar-refractivity contribution in [3.63, 3.8) is 0 Å². The zero-order chi connectivity index (χ0) is 79.5. The molecule has 1 fully saturated rings. The van der Waals surface area contributed by atoms with Gasteiger partial charge in [-0.3, -0.25) is 67.1 Å². The number of nitrogens with two attached hydrogens (primary N) is 4. The average molecular weight is 1480 g/mol. The number of cyclic esters (lactones) is 1. The van der Waals surface area contributed by atoms with E-state index in [1.54, 1.807) is 19.9 Å². The molecule has 0 aliphatic carbocycles. The summed E-state index contributed by atoms with van der Waals surface area (Å²) in [7, 11) is 4.45. The predicted molar refractivity (Wildman–Crippen MR) is 365 cm³/mol. The third-order valence-electron chi connectivity index (χ3n) is 17.0. The minimum absolute atomic E-state index is 0.00643. The van der Waals surface area contributed by atoms with Crippen LogP contribution in [-0.4, -0.2) is 256 Å². The first-order valence-electron chi connectivity index (χ1n) is 33.4. The lowest BCUT2D eigenvalue weighted by Crippen LogP contribution is -2.69. The van der Waals surface area contributed by atoms with Gasteiger partial charge in [0.15, 0.2) is 6.10 Å². The van der Waals surface area contributed by atoms with E-state index in [0.29, 0.717) is 0 Å². The number of amides is 14. The molecule has 584 valence electrons. The van der Waals surface area contributed by atoms with Crippen molar-refractivity contribution in [3.05, 3.63) is 42.0 Å². The summed E-state index contributed by atoms with van der Waals surface area (Å²) in [6, 6.07) is -14.9. The lowest BCUT2D eigenvalue weighted by atomic mass is 9.87. The van der Waals surface area contributed by atoms with E-state index in [9.17, 15) is 87.9 Å². The number of allylic oxidation sites excluding steroid dienone is 1. The van der Waals surface area contributed by atoms with E-state index in [1.165, 1.54) is 51.2 Å². The van der Waals surface area contributed by atoms with Gasteiger partial charge in [-0.1, -0.05) is 72.2 Å². The number of aliphatic hydroxyl groups is 4. The second-order valence-corrected chi connectivity index (χ2v) is 26.2. The fourth-order valence-electron chi connectivity index (χ4n) is 10.6. The summed E-state index contributed by atoms with van der Waals surface area (Å²) < 4.78 is 11.6. The molecule has 0 saturated carbocycles. The molecule has 8 unspecified atom stereocenters. The van der Waals surface area contributed by atoms with Crippen LogP contribution < -0.4 is 70.8 Å². The first kappa shape index (κ1) is 90.6. The second-order valence-electron chi connectivity index (χ2n) is 26.2. The molecule has 1 aromatic carbocycles. The molecule has 14 amide bonds. The van der Waals surface area contributed by atoms with E-state index in [1.807, 2.05) is 29.8 Å². The number of aliphatic hydroxyl groups excluding tert-OH is 3. The largest absolute Gasteiger partial charge is 0.508 e. The zero-order valence-electron chi connectivity index (χ0n) is 60.8. The molecular formula is C65H105N15O24. The lowest BCUT2D eigenvalue weighted by Gasteiger charge is -2.36. The highest BCUT2D eigenvalue weighted by molar-refractivity contribution is 6.01. The Balaban J connectivity index is 2.92. The van der Waals surface area contributed by atoms with Gasteiger partial charge in [0.25, 0.3) is 0 Å². The Labute approximate surface area is 601 Å². The van der Waals surface area contributed by atoms with Gasteiger partial charge in [-0.25, -0.2) is 14.6 Å². The summed E-state index contributed by atoms with van der Waals surface area (Å²) >= 11 is 0. The van der Waals surface area contributed by atoms with Gasteiger partial charge in [-0.2, -0.15) is 0 Å². The van der Waals surface area contributed by atoms with Crippen molar-refractivity contribution in [2.45, 2.75) is 204 Å². The predicted octanol–water partition coefficient (Wildman–Crippen LogP) is -7.02. The van der Waals surface area contributed by atoms with Gasteiger partial charge in [0, 0.05) is 33.5 Å². The van der Waals surface area contributed by atoms with Gasteiger partial charge in [0.2, 0.25) is 82.7 Å². The lowest BCUT2D eigenvalue weighted by molar-refractivity contribution is -0.274. The number of rotatable bonds is 33. The quantitative estimate of drug-likeness (QED) is 0.0102. The van der Waals surface area contributed by atoms with Gasteiger partial charge in [-0.05, 0) is 82.4 Å². The number of nitrogens with zero attached hydrogens (tertiary/aromatic N) is 2. The number of likely N-dealkylation sites (N-methyl/N-ethyl adjacent to an activating group) is 2. The first-order valence-corrected chi connectivity index (χ1v) is 33.4. The Morgan fingerprint density at radius 1 is 0.740 bits per heavy atom. The van der Waals surface area contributed by atoms with Gasteiger partial charge in [0.1, 0.15) is 90.7 Å². The number of esters is 1. The van der Waals surface area contributed by atoms with Gasteiger partial charge in [0.05, 0.1) is 32.3 Å². The first-order chi connectivity index (χ1) is 48.3. The number of phenols is 1. The molecule has 0 radical (unpaired) electrons. The van der Waals surface area contributed by atoms with Crippen LogP contribution in [0.15, 0.2) is 36.4 Å². The summed E-state index contributed by atoms with van der Waals surface area (Å²) in [6.07, 6.45) is -6.57. The molecular weight excluding hydrogens is 1370 g/mol. The summed E-state index contributed by atoms with van der Waals surface area (Å²) in [4.78, 5) is 221. The van der Waals surface area contributed by atoms with Crippen LogP contribution in [0.5, 0.6) is 5.75 Å². The van der Waals surface area contributed by atoms with Crippen molar-refractivity contribution in [1.29, 1.82) is 0 Å². The monoisotopic (exact) mass is 1480 g/mol. The van der Waals surface area contributed by atoms with Crippen LogP contribution in [0, 0.1) is 23.7 Å². The molecule has 1 aliphatic heterocycles. The molecule has 19 atom stereocenters. The number of nitrogens with one attached hydrogen (secondary N) is 9. The Bertz CT molecular complexity index is 3210. The van der Waals surface area contributed by atoms with Crippen molar-refractivity contribution in [3.8, 4) is 5.75 Å². The molecule has 1 saturated heterocycles. The van der Waals surface area contributed by atoms with E-state index in [-0.39, 0.29) is 29.6 Å². The van der Waals surface area contributed by atoms with Crippen LogP contribution in [0.2, 0.25) is 0 Å². The molecule has 1 aliphatic rings. The maximum Gasteiger partial charge on any atom is 0.328 e. The Kier molecular flexibility index (Phi) is 36.8. The second kappa shape index (κ2) is 42.3. The number of hydrogen-bond acceptors (Lipinski definition) is 25. The van der Waals surface area contributed by atoms with Gasteiger partial charge in [-0.15, -0.1) is 0 Å². The van der Waals surface area contributed by atoms with Crippen LogP contribution in [0.3, 0.4) is 0 Å². The van der Waals surface area contributed by atoms with Crippen LogP contribution in [0.4, 0.5) is 0 Å². The fourth-order valence-corrected chi connectivity index (χ4v) is 10.6. The van der Waals surface area contributed by atoms with E-state index in [0.717, 1.165) is 71.6 Å². The van der Waals surface area contributed by atoms with Crippen molar-refractivity contribution in [2.75, 3.05) is 41.5 Å². The summed E-state index contributed by atoms with van der Waals surface area (Å²) in [5.41, 5.74) is 19.8. The van der Waals surface area contributed by atoms with E-state index in [4.69, 9.17) is 42.2 Å². The molecule has 1 heterocycles. The molecule has 1 aromatic rings. The number of methoxy groups -OCH3 is 1. The maximum absolute atomic E-state index is 15.1. The van der Waals surface area contributed by atoms with Crippen molar-refractivity contribution < 1.29 is 117 Å². The minimum atomic E-state index is -2.90. The molecule has 0 spiro atoms. The summed E-state index contributed by atoms with van der Waals surface area (Å²) in [6.45, 7) is 11.6. The Morgan fingerprint density at radius 2 is 1.34 bits per heavy atom. The van der Waals surface area contributed by atoms with E-state index < -0.39 is 230 Å². The molecule has 0 aromatic heterocycles. The number of ether oxygens (including phenoxy) is 2. The highest BCUT2D eigenvalue weighted by atomic mass is 17.2. The molecule has 39 heteroatoms. The van der Waals surface area contributed by atoms with E-state index in [2.05, 4.69) is 31.9 Å². The SMILES string of the molecule is CCCC(C)/C=C\C(O)CC(=O)N[C@H](C(=O)N[C@H](C(=O)N[C@H](C(=O)N[C@H](C(=O)NC1C(=O)NC(COOC)C(=O)NCC(=O)N[C@@H](CC(C)C)C(=O)N(C)[C@@H](CCC(N)=O)C(=O)N[C@@H](C(OC)c2ccc(O)cc2)C(=O)N(C)[C@@H](C)C(=O)O[C@@H]1C)C(C)C(C)C(N)=O)[C@](C)(N)O)[C@@H](C)O)C(O)C(N)=O. The Morgan fingerprint density at radius 3 is 1.87 bits per heavy atom.